The van der Waals surface area contributed by atoms with Gasteiger partial charge in [-0.25, -0.2) is 8.42 Å². The Balaban J connectivity index is 3.21. The van der Waals surface area contributed by atoms with Crippen LogP contribution in [-0.4, -0.2) is 36.0 Å². The Morgan fingerprint density at radius 2 is 2.17 bits per heavy atom. The van der Waals surface area contributed by atoms with E-state index in [0.717, 1.165) is 0 Å². The molecular formula is C12H20N2O3S. The maximum absolute atomic E-state index is 12.2. The van der Waals surface area contributed by atoms with Crippen LogP contribution in [-0.2, 0) is 16.6 Å². The molecule has 1 heterocycles. The van der Waals surface area contributed by atoms with E-state index in [1.807, 2.05) is 13.8 Å². The first-order valence-electron chi connectivity index (χ1n) is 5.73. The molecule has 0 aliphatic rings. The van der Waals surface area contributed by atoms with E-state index in [2.05, 4.69) is 6.58 Å². The molecule has 0 atom stereocenters. The quantitative estimate of drug-likeness (QED) is 0.796. The molecular weight excluding hydrogens is 252 g/mol. The van der Waals surface area contributed by atoms with E-state index in [1.54, 1.807) is 10.8 Å². The first-order valence-corrected chi connectivity index (χ1v) is 7.17. The van der Waals surface area contributed by atoms with Crippen molar-refractivity contribution < 1.29 is 13.5 Å². The monoisotopic (exact) mass is 272 g/mol. The highest BCUT2D eigenvalue weighted by Gasteiger charge is 2.23. The standard InChI is InChI=1S/C12H20N2O3S/c1-5-6-13(4)18(16,17)12-7-11(9-15)14(8-12)10(2)3/h5,7-8,10,15H,1,6,9H2,2-4H3. The van der Waals surface area contributed by atoms with Gasteiger partial charge in [-0.1, -0.05) is 6.08 Å². The molecule has 0 aromatic carbocycles. The number of nitrogens with zero attached hydrogens (tertiary/aromatic N) is 2. The number of sulfonamides is 1. The maximum Gasteiger partial charge on any atom is 0.244 e. The van der Waals surface area contributed by atoms with Crippen LogP contribution >= 0.6 is 0 Å². The molecule has 0 spiro atoms. The number of likely N-dealkylation sites (N-methyl/N-ethyl adjacent to an activating group) is 1. The molecule has 1 aromatic heterocycles. The SMILES string of the molecule is C=CCN(C)S(=O)(=O)c1cc(CO)n(C(C)C)c1. The van der Waals surface area contributed by atoms with Crippen LogP contribution in [0.4, 0.5) is 0 Å². The summed E-state index contributed by atoms with van der Waals surface area (Å²) in [5, 5.41) is 9.24. The fourth-order valence-corrected chi connectivity index (χ4v) is 2.90. The summed E-state index contributed by atoms with van der Waals surface area (Å²) in [5.41, 5.74) is 0.593. The summed E-state index contributed by atoms with van der Waals surface area (Å²) in [6, 6.07) is 1.61. The second kappa shape index (κ2) is 5.69. The van der Waals surface area contributed by atoms with Crippen LogP contribution in [0.1, 0.15) is 25.6 Å². The summed E-state index contributed by atoms with van der Waals surface area (Å²) in [6.45, 7) is 7.46. The lowest BCUT2D eigenvalue weighted by atomic mass is 10.3. The zero-order valence-corrected chi connectivity index (χ0v) is 11.8. The van der Waals surface area contributed by atoms with Crippen LogP contribution in [0, 0.1) is 0 Å². The van der Waals surface area contributed by atoms with Gasteiger partial charge >= 0.3 is 0 Å². The molecule has 1 N–H and O–H groups in total. The highest BCUT2D eigenvalue weighted by Crippen LogP contribution is 2.21. The van der Waals surface area contributed by atoms with Crippen molar-refractivity contribution in [2.24, 2.45) is 0 Å². The van der Waals surface area contributed by atoms with Crippen LogP contribution in [0.5, 0.6) is 0 Å². The average molecular weight is 272 g/mol. The van der Waals surface area contributed by atoms with Gasteiger partial charge in [0.1, 0.15) is 4.90 Å². The Bertz CT molecular complexity index is 517. The molecule has 6 heteroatoms. The van der Waals surface area contributed by atoms with Crippen LogP contribution in [0.2, 0.25) is 0 Å². The van der Waals surface area contributed by atoms with Crippen molar-refractivity contribution in [3.05, 3.63) is 30.6 Å². The molecule has 0 fully saturated rings. The minimum absolute atomic E-state index is 0.0980. The third kappa shape index (κ3) is 2.82. The van der Waals surface area contributed by atoms with Crippen molar-refractivity contribution >= 4 is 10.0 Å². The predicted molar refractivity (Wildman–Crippen MR) is 70.8 cm³/mol. The number of rotatable bonds is 6. The van der Waals surface area contributed by atoms with Crippen molar-refractivity contribution in [1.29, 1.82) is 0 Å². The highest BCUT2D eigenvalue weighted by atomic mass is 32.2. The summed E-state index contributed by atoms with van der Waals surface area (Å²) < 4.78 is 27.4. The van der Waals surface area contributed by atoms with Gasteiger partial charge in [-0.3, -0.25) is 0 Å². The molecule has 18 heavy (non-hydrogen) atoms. The molecule has 1 aromatic rings. The minimum Gasteiger partial charge on any atom is -0.390 e. The van der Waals surface area contributed by atoms with E-state index < -0.39 is 10.0 Å². The van der Waals surface area contributed by atoms with Gasteiger partial charge in [-0.2, -0.15) is 4.31 Å². The first kappa shape index (κ1) is 14.9. The van der Waals surface area contributed by atoms with Crippen molar-refractivity contribution in [1.82, 2.24) is 8.87 Å². The largest absolute Gasteiger partial charge is 0.390 e. The fraction of sp³-hybridized carbons (Fsp3) is 0.500. The summed E-state index contributed by atoms with van der Waals surface area (Å²) in [6.07, 6.45) is 3.09. The molecule has 0 amide bonds. The van der Waals surface area contributed by atoms with E-state index in [9.17, 15) is 13.5 Å². The van der Waals surface area contributed by atoms with Crippen molar-refractivity contribution in [2.45, 2.75) is 31.4 Å². The lowest BCUT2D eigenvalue weighted by Crippen LogP contribution is -2.26. The van der Waals surface area contributed by atoms with Gasteiger partial charge in [0.25, 0.3) is 0 Å². The van der Waals surface area contributed by atoms with E-state index in [1.165, 1.54) is 23.5 Å². The normalized spacial score (nSPS) is 12.3. The van der Waals surface area contributed by atoms with Gasteiger partial charge in [-0.15, -0.1) is 6.58 Å². The van der Waals surface area contributed by atoms with Crippen LogP contribution < -0.4 is 0 Å². The average Bonchev–Trinajstić information content (AvgIpc) is 2.73. The van der Waals surface area contributed by atoms with Gasteiger partial charge in [0.05, 0.1) is 6.61 Å². The van der Waals surface area contributed by atoms with Crippen molar-refractivity contribution in [3.8, 4) is 0 Å². The number of aliphatic hydroxyl groups is 1. The fourth-order valence-electron chi connectivity index (χ4n) is 1.70. The molecule has 0 unspecified atom stereocenters. The van der Waals surface area contributed by atoms with E-state index >= 15 is 0 Å². The topological polar surface area (TPSA) is 62.5 Å². The molecule has 0 saturated heterocycles. The Hall–Kier alpha value is -1.11. The molecule has 102 valence electrons. The first-order chi connectivity index (χ1) is 8.34. The van der Waals surface area contributed by atoms with Gasteiger partial charge < -0.3 is 9.67 Å². The second-order valence-corrected chi connectivity index (χ2v) is 6.45. The molecule has 0 radical (unpaired) electrons. The third-order valence-electron chi connectivity index (χ3n) is 2.72. The maximum atomic E-state index is 12.2. The molecule has 0 aliphatic heterocycles. The Morgan fingerprint density at radius 1 is 1.56 bits per heavy atom. The molecule has 0 saturated carbocycles. The van der Waals surface area contributed by atoms with Crippen LogP contribution in [0.25, 0.3) is 0 Å². The van der Waals surface area contributed by atoms with Gasteiger partial charge in [0.15, 0.2) is 0 Å². The minimum atomic E-state index is -3.52. The van der Waals surface area contributed by atoms with Crippen molar-refractivity contribution in [3.63, 3.8) is 0 Å². The Labute approximate surface area is 108 Å². The van der Waals surface area contributed by atoms with E-state index in [4.69, 9.17) is 0 Å². The lowest BCUT2D eigenvalue weighted by molar-refractivity contribution is 0.268. The van der Waals surface area contributed by atoms with Gasteiger partial charge in [-0.05, 0) is 19.9 Å². The molecule has 1 rings (SSSR count). The second-order valence-electron chi connectivity index (χ2n) is 4.40. The molecule has 5 nitrogen and oxygen atoms in total. The van der Waals surface area contributed by atoms with Crippen LogP contribution in [0.3, 0.4) is 0 Å². The zero-order valence-electron chi connectivity index (χ0n) is 11.0. The highest BCUT2D eigenvalue weighted by molar-refractivity contribution is 7.89. The smallest absolute Gasteiger partial charge is 0.244 e. The van der Waals surface area contributed by atoms with E-state index in [-0.39, 0.29) is 24.1 Å². The summed E-state index contributed by atoms with van der Waals surface area (Å²) in [4.78, 5) is 0.199. The van der Waals surface area contributed by atoms with E-state index in [0.29, 0.717) is 5.69 Å². The predicted octanol–water partition coefficient (Wildman–Crippen LogP) is 1.37. The molecule has 0 aliphatic carbocycles. The third-order valence-corrected chi connectivity index (χ3v) is 4.51. The Kier molecular flexibility index (Phi) is 4.72. The molecule has 0 bridgehead atoms. The van der Waals surface area contributed by atoms with Gasteiger partial charge in [0.2, 0.25) is 10.0 Å². The number of hydrogen-bond acceptors (Lipinski definition) is 3. The number of aliphatic hydroxyl groups excluding tert-OH is 1. The number of hydrogen-bond donors (Lipinski definition) is 1. The zero-order chi connectivity index (χ0) is 13.9. The lowest BCUT2D eigenvalue weighted by Gasteiger charge is -2.14. The Morgan fingerprint density at radius 3 is 2.56 bits per heavy atom. The van der Waals surface area contributed by atoms with Gasteiger partial charge in [0, 0.05) is 31.5 Å². The van der Waals surface area contributed by atoms with Crippen molar-refractivity contribution in [2.75, 3.05) is 13.6 Å². The summed E-state index contributed by atoms with van der Waals surface area (Å²) >= 11 is 0. The summed E-state index contributed by atoms with van der Waals surface area (Å²) in [7, 11) is -2.01. The van der Waals surface area contributed by atoms with Crippen LogP contribution in [0.15, 0.2) is 29.8 Å². The summed E-state index contributed by atoms with van der Waals surface area (Å²) in [5.74, 6) is 0. The number of aromatic nitrogens is 1.